The van der Waals surface area contributed by atoms with Crippen molar-refractivity contribution in [1.82, 2.24) is 25.1 Å². The lowest BCUT2D eigenvalue weighted by Gasteiger charge is -2.14. The van der Waals surface area contributed by atoms with Crippen molar-refractivity contribution in [3.63, 3.8) is 0 Å². The van der Waals surface area contributed by atoms with Gasteiger partial charge in [-0.05, 0) is 31.9 Å². The van der Waals surface area contributed by atoms with Gasteiger partial charge in [0.15, 0.2) is 17.5 Å². The lowest BCUT2D eigenvalue weighted by atomic mass is 10.2. The minimum absolute atomic E-state index is 0.0237. The summed E-state index contributed by atoms with van der Waals surface area (Å²) in [6.07, 6.45) is 4.51. The third-order valence-corrected chi connectivity index (χ3v) is 4.14. The summed E-state index contributed by atoms with van der Waals surface area (Å²) in [4.78, 5) is 12.1. The monoisotopic (exact) mass is 357 g/mol. The maximum atomic E-state index is 14.0. The van der Waals surface area contributed by atoms with Crippen molar-refractivity contribution < 1.29 is 8.78 Å². The molecule has 3 aromatic rings. The van der Waals surface area contributed by atoms with Gasteiger partial charge in [0.1, 0.15) is 5.82 Å². The first-order valence-corrected chi connectivity index (χ1v) is 8.31. The van der Waals surface area contributed by atoms with Crippen molar-refractivity contribution in [2.75, 3.05) is 10.6 Å². The van der Waals surface area contributed by atoms with Crippen molar-refractivity contribution in [2.45, 2.75) is 31.7 Å². The number of aromatic nitrogens is 5. The predicted molar refractivity (Wildman–Crippen MR) is 92.1 cm³/mol. The quantitative estimate of drug-likeness (QED) is 0.623. The molecule has 0 bridgehead atoms. The number of anilines is 3. The van der Waals surface area contributed by atoms with Gasteiger partial charge in [-0.1, -0.05) is 0 Å². The molecular formula is C17H17F2N7. The molecule has 0 saturated heterocycles. The summed E-state index contributed by atoms with van der Waals surface area (Å²) in [5.74, 6) is 0.286. The maximum Gasteiger partial charge on any atom is 0.225 e. The summed E-state index contributed by atoms with van der Waals surface area (Å²) in [5.41, 5.74) is 1.66. The normalized spacial score (nSPS) is 14.9. The van der Waals surface area contributed by atoms with Crippen molar-refractivity contribution in [2.24, 2.45) is 0 Å². The van der Waals surface area contributed by atoms with Crippen LogP contribution in [0.4, 0.5) is 26.4 Å². The van der Waals surface area contributed by atoms with E-state index in [1.165, 1.54) is 6.07 Å². The number of H-pyrrole nitrogens is 1. The van der Waals surface area contributed by atoms with Crippen LogP contribution in [-0.4, -0.2) is 25.1 Å². The van der Waals surface area contributed by atoms with Crippen LogP contribution in [0.2, 0.25) is 0 Å². The molecule has 26 heavy (non-hydrogen) atoms. The second kappa shape index (κ2) is 6.66. The van der Waals surface area contributed by atoms with Crippen LogP contribution in [0.1, 0.15) is 43.1 Å². The zero-order valence-corrected chi connectivity index (χ0v) is 14.0. The predicted octanol–water partition coefficient (Wildman–Crippen LogP) is 3.67. The molecule has 3 heterocycles. The molecule has 1 aliphatic carbocycles. The molecule has 1 saturated carbocycles. The molecular weight excluding hydrogens is 340 g/mol. The second-order valence-electron chi connectivity index (χ2n) is 6.27. The molecule has 7 nitrogen and oxygen atoms in total. The fourth-order valence-corrected chi connectivity index (χ4v) is 2.56. The summed E-state index contributed by atoms with van der Waals surface area (Å²) >= 11 is 0. The number of hydrogen-bond donors (Lipinski definition) is 3. The molecule has 3 aromatic heterocycles. The maximum absolute atomic E-state index is 14.0. The lowest BCUT2D eigenvalue weighted by molar-refractivity contribution is 0.615. The molecule has 4 rings (SSSR count). The van der Waals surface area contributed by atoms with Crippen molar-refractivity contribution in [1.29, 1.82) is 0 Å². The van der Waals surface area contributed by atoms with Crippen LogP contribution in [-0.2, 0) is 0 Å². The summed E-state index contributed by atoms with van der Waals surface area (Å²) in [6, 6.07) is 4.48. The Kier molecular flexibility index (Phi) is 4.19. The summed E-state index contributed by atoms with van der Waals surface area (Å²) < 4.78 is 27.0. The molecule has 1 fully saturated rings. The Hall–Kier alpha value is -3.10. The van der Waals surface area contributed by atoms with Crippen molar-refractivity contribution in [3.8, 4) is 0 Å². The highest BCUT2D eigenvalue weighted by atomic mass is 19.1. The molecule has 0 unspecified atom stereocenters. The summed E-state index contributed by atoms with van der Waals surface area (Å²) in [6.45, 7) is 1.83. The number of pyridine rings is 1. The average molecular weight is 357 g/mol. The van der Waals surface area contributed by atoms with Gasteiger partial charge in [0, 0.05) is 17.7 Å². The van der Waals surface area contributed by atoms with Gasteiger partial charge in [-0.3, -0.25) is 10.1 Å². The lowest BCUT2D eigenvalue weighted by Crippen LogP contribution is -2.12. The molecule has 1 aliphatic rings. The van der Waals surface area contributed by atoms with E-state index >= 15 is 0 Å². The van der Waals surface area contributed by atoms with Crippen LogP contribution in [0, 0.1) is 11.6 Å². The van der Waals surface area contributed by atoms with Gasteiger partial charge < -0.3 is 10.6 Å². The van der Waals surface area contributed by atoms with Gasteiger partial charge in [-0.15, -0.1) is 0 Å². The Morgan fingerprint density at radius 3 is 2.77 bits per heavy atom. The number of aromatic amines is 1. The van der Waals surface area contributed by atoms with Crippen LogP contribution in [0.5, 0.6) is 0 Å². The zero-order chi connectivity index (χ0) is 18.1. The minimum Gasteiger partial charge on any atom is -0.346 e. The minimum atomic E-state index is -0.584. The van der Waals surface area contributed by atoms with Gasteiger partial charge in [0.25, 0.3) is 0 Å². The fourth-order valence-electron chi connectivity index (χ4n) is 2.56. The van der Waals surface area contributed by atoms with Crippen LogP contribution in [0.3, 0.4) is 0 Å². The smallest absolute Gasteiger partial charge is 0.225 e. The Bertz CT molecular complexity index is 906. The van der Waals surface area contributed by atoms with Crippen LogP contribution < -0.4 is 10.6 Å². The second-order valence-corrected chi connectivity index (χ2v) is 6.27. The standard InChI is InChI=1S/C17H17F2N7/c1-9(13-5-4-11(18)7-20-13)22-17-21-8-12(19)16(24-17)23-15-6-14(25-26-15)10-2-3-10/h4-10H,2-3H2,1H3,(H3,21,22,23,24,25,26)/t9-/m0/s1. The SMILES string of the molecule is C[C@H](Nc1ncc(F)c(Nc2cc(C3CC3)[nH]n2)n1)c1ccc(F)cn1. The third-order valence-electron chi connectivity index (χ3n) is 4.14. The molecule has 0 spiro atoms. The summed E-state index contributed by atoms with van der Waals surface area (Å²) in [5, 5.41) is 13.0. The van der Waals surface area contributed by atoms with Crippen molar-refractivity contribution >= 4 is 17.6 Å². The van der Waals surface area contributed by atoms with E-state index in [0.29, 0.717) is 17.4 Å². The first-order chi connectivity index (χ1) is 12.6. The van der Waals surface area contributed by atoms with Crippen LogP contribution in [0.25, 0.3) is 0 Å². The van der Waals surface area contributed by atoms with E-state index < -0.39 is 11.6 Å². The highest BCUT2D eigenvalue weighted by Crippen LogP contribution is 2.39. The van der Waals surface area contributed by atoms with E-state index in [9.17, 15) is 8.78 Å². The number of hydrogen-bond acceptors (Lipinski definition) is 6. The average Bonchev–Trinajstić information content (AvgIpc) is 3.38. The van der Waals surface area contributed by atoms with E-state index in [1.54, 1.807) is 6.07 Å². The Morgan fingerprint density at radius 2 is 2.04 bits per heavy atom. The molecule has 0 aliphatic heterocycles. The topological polar surface area (TPSA) is 91.4 Å². The zero-order valence-electron chi connectivity index (χ0n) is 14.0. The van der Waals surface area contributed by atoms with Crippen LogP contribution >= 0.6 is 0 Å². The van der Waals surface area contributed by atoms with Gasteiger partial charge in [0.05, 0.1) is 24.1 Å². The van der Waals surface area contributed by atoms with E-state index in [-0.39, 0.29) is 17.8 Å². The Balaban J connectivity index is 1.48. The van der Waals surface area contributed by atoms with E-state index in [0.717, 1.165) is 30.9 Å². The number of nitrogens with zero attached hydrogens (tertiary/aromatic N) is 4. The Morgan fingerprint density at radius 1 is 1.19 bits per heavy atom. The van der Waals surface area contributed by atoms with Gasteiger partial charge in [0.2, 0.25) is 5.95 Å². The van der Waals surface area contributed by atoms with Gasteiger partial charge in [-0.25, -0.2) is 13.8 Å². The summed E-state index contributed by atoms with van der Waals surface area (Å²) in [7, 11) is 0. The molecule has 9 heteroatoms. The first kappa shape index (κ1) is 16.4. The molecule has 134 valence electrons. The molecule has 0 radical (unpaired) electrons. The van der Waals surface area contributed by atoms with Gasteiger partial charge >= 0.3 is 0 Å². The number of nitrogens with one attached hydrogen (secondary N) is 3. The highest BCUT2D eigenvalue weighted by Gasteiger charge is 2.25. The van der Waals surface area contributed by atoms with Gasteiger partial charge in [-0.2, -0.15) is 10.1 Å². The third kappa shape index (κ3) is 3.61. The fraction of sp³-hybridized carbons (Fsp3) is 0.294. The molecule has 0 amide bonds. The Labute approximate surface area is 148 Å². The molecule has 3 N–H and O–H groups in total. The van der Waals surface area contributed by atoms with E-state index in [4.69, 9.17) is 0 Å². The largest absolute Gasteiger partial charge is 0.346 e. The first-order valence-electron chi connectivity index (χ1n) is 8.31. The molecule has 0 aromatic carbocycles. The number of rotatable bonds is 6. The highest BCUT2D eigenvalue weighted by molar-refractivity contribution is 5.54. The van der Waals surface area contributed by atoms with Crippen LogP contribution in [0.15, 0.2) is 30.6 Å². The van der Waals surface area contributed by atoms with Crippen molar-refractivity contribution in [3.05, 3.63) is 53.6 Å². The van der Waals surface area contributed by atoms with E-state index in [2.05, 4.69) is 35.8 Å². The van der Waals surface area contributed by atoms with E-state index in [1.807, 2.05) is 13.0 Å². The molecule has 1 atom stereocenters. The number of halogens is 2.